The molecule has 0 atom stereocenters. The van der Waals surface area contributed by atoms with Gasteiger partial charge >= 0.3 is 0 Å². The van der Waals surface area contributed by atoms with E-state index in [1.54, 1.807) is 12.3 Å². The third kappa shape index (κ3) is 3.77. The topological polar surface area (TPSA) is 45.2 Å². The van der Waals surface area contributed by atoms with Crippen LogP contribution in [0.3, 0.4) is 0 Å². The molecule has 19 heavy (non-hydrogen) atoms. The SMILES string of the molecule is CC(C)N(CC1CCNCC1)C(=O)c1ccccn1. The molecule has 0 spiro atoms. The Hall–Kier alpha value is -1.42. The Morgan fingerprint density at radius 1 is 1.42 bits per heavy atom. The van der Waals surface area contributed by atoms with Crippen LogP contribution in [0.4, 0.5) is 0 Å². The van der Waals surface area contributed by atoms with Gasteiger partial charge in [0, 0.05) is 18.8 Å². The normalized spacial score (nSPS) is 16.6. The first kappa shape index (κ1) is 14.0. The molecule has 1 aromatic heterocycles. The summed E-state index contributed by atoms with van der Waals surface area (Å²) < 4.78 is 0. The van der Waals surface area contributed by atoms with Crippen LogP contribution >= 0.6 is 0 Å². The molecular weight excluding hydrogens is 238 g/mol. The average molecular weight is 261 g/mol. The zero-order valence-electron chi connectivity index (χ0n) is 11.8. The quantitative estimate of drug-likeness (QED) is 0.901. The summed E-state index contributed by atoms with van der Waals surface area (Å²) >= 11 is 0. The lowest BCUT2D eigenvalue weighted by Gasteiger charge is -2.32. The molecule has 1 fully saturated rings. The molecule has 4 heteroatoms. The fourth-order valence-corrected chi connectivity index (χ4v) is 2.51. The summed E-state index contributed by atoms with van der Waals surface area (Å²) in [4.78, 5) is 18.6. The first-order valence-electron chi connectivity index (χ1n) is 7.11. The lowest BCUT2D eigenvalue weighted by atomic mass is 9.97. The monoisotopic (exact) mass is 261 g/mol. The maximum atomic E-state index is 12.5. The van der Waals surface area contributed by atoms with Gasteiger partial charge in [-0.05, 0) is 57.8 Å². The number of nitrogens with one attached hydrogen (secondary N) is 1. The van der Waals surface area contributed by atoms with Gasteiger partial charge in [0.25, 0.3) is 5.91 Å². The van der Waals surface area contributed by atoms with Crippen molar-refractivity contribution in [1.82, 2.24) is 15.2 Å². The predicted octanol–water partition coefficient (Wildman–Crippen LogP) is 1.93. The van der Waals surface area contributed by atoms with Gasteiger partial charge in [-0.15, -0.1) is 0 Å². The highest BCUT2D eigenvalue weighted by Crippen LogP contribution is 2.16. The predicted molar refractivity (Wildman–Crippen MR) is 76.0 cm³/mol. The molecule has 104 valence electrons. The number of rotatable bonds is 4. The van der Waals surface area contributed by atoms with Gasteiger partial charge in [0.15, 0.2) is 0 Å². The molecule has 4 nitrogen and oxygen atoms in total. The lowest BCUT2D eigenvalue weighted by Crippen LogP contribution is -2.43. The fourth-order valence-electron chi connectivity index (χ4n) is 2.51. The van der Waals surface area contributed by atoms with Crippen molar-refractivity contribution in [2.45, 2.75) is 32.7 Å². The van der Waals surface area contributed by atoms with E-state index in [0.717, 1.165) is 32.5 Å². The smallest absolute Gasteiger partial charge is 0.272 e. The molecule has 0 saturated carbocycles. The Labute approximate surface area is 115 Å². The Kier molecular flexibility index (Phi) is 4.91. The van der Waals surface area contributed by atoms with Gasteiger partial charge in [-0.1, -0.05) is 6.07 Å². The van der Waals surface area contributed by atoms with Crippen molar-refractivity contribution >= 4 is 5.91 Å². The van der Waals surface area contributed by atoms with E-state index in [1.165, 1.54) is 0 Å². The Balaban J connectivity index is 2.05. The van der Waals surface area contributed by atoms with Crippen molar-refractivity contribution in [1.29, 1.82) is 0 Å². The van der Waals surface area contributed by atoms with E-state index >= 15 is 0 Å². The van der Waals surface area contributed by atoms with Crippen LogP contribution < -0.4 is 5.32 Å². The summed E-state index contributed by atoms with van der Waals surface area (Å²) in [5.74, 6) is 0.658. The summed E-state index contributed by atoms with van der Waals surface area (Å²) in [5.41, 5.74) is 0.546. The standard InChI is InChI=1S/C15H23N3O/c1-12(2)18(11-13-6-9-16-10-7-13)15(19)14-5-3-4-8-17-14/h3-5,8,12-13,16H,6-7,9-11H2,1-2H3. The third-order valence-corrected chi connectivity index (χ3v) is 3.68. The largest absolute Gasteiger partial charge is 0.335 e. The number of piperidine rings is 1. The highest BCUT2D eigenvalue weighted by molar-refractivity contribution is 5.92. The van der Waals surface area contributed by atoms with Gasteiger partial charge in [0.1, 0.15) is 5.69 Å². The summed E-state index contributed by atoms with van der Waals surface area (Å²) in [7, 11) is 0. The molecule has 2 rings (SSSR count). The number of hydrogen-bond acceptors (Lipinski definition) is 3. The summed E-state index contributed by atoms with van der Waals surface area (Å²) in [5, 5.41) is 3.36. The van der Waals surface area contributed by atoms with Crippen molar-refractivity contribution in [3.63, 3.8) is 0 Å². The molecule has 1 aliphatic rings. The van der Waals surface area contributed by atoms with Gasteiger partial charge in [-0.2, -0.15) is 0 Å². The highest BCUT2D eigenvalue weighted by Gasteiger charge is 2.24. The molecule has 0 radical (unpaired) electrons. The van der Waals surface area contributed by atoms with Crippen molar-refractivity contribution in [2.24, 2.45) is 5.92 Å². The number of aromatic nitrogens is 1. The molecule has 1 aromatic rings. The number of carbonyl (C=O) groups is 1. The van der Waals surface area contributed by atoms with E-state index in [2.05, 4.69) is 24.1 Å². The van der Waals surface area contributed by atoms with Crippen molar-refractivity contribution < 1.29 is 4.79 Å². The first-order chi connectivity index (χ1) is 9.18. The van der Waals surface area contributed by atoms with Crippen LogP contribution in [0.25, 0.3) is 0 Å². The third-order valence-electron chi connectivity index (χ3n) is 3.68. The van der Waals surface area contributed by atoms with Crippen molar-refractivity contribution in [3.8, 4) is 0 Å². The lowest BCUT2D eigenvalue weighted by molar-refractivity contribution is 0.0652. The van der Waals surface area contributed by atoms with Crippen LogP contribution in [0.5, 0.6) is 0 Å². The van der Waals surface area contributed by atoms with E-state index in [0.29, 0.717) is 11.6 Å². The molecule has 1 aliphatic heterocycles. The maximum absolute atomic E-state index is 12.5. The van der Waals surface area contributed by atoms with Crippen LogP contribution in [0.1, 0.15) is 37.2 Å². The number of amides is 1. The molecule has 0 aliphatic carbocycles. The maximum Gasteiger partial charge on any atom is 0.272 e. The van der Waals surface area contributed by atoms with E-state index in [1.807, 2.05) is 17.0 Å². The first-order valence-corrected chi connectivity index (χ1v) is 7.11. The number of carbonyl (C=O) groups excluding carboxylic acids is 1. The summed E-state index contributed by atoms with van der Waals surface area (Å²) in [6.07, 6.45) is 3.98. The minimum absolute atomic E-state index is 0.0501. The van der Waals surface area contributed by atoms with Gasteiger partial charge in [-0.25, -0.2) is 0 Å². The van der Waals surface area contributed by atoms with Crippen LogP contribution in [0.15, 0.2) is 24.4 Å². The van der Waals surface area contributed by atoms with Crippen molar-refractivity contribution in [2.75, 3.05) is 19.6 Å². The van der Waals surface area contributed by atoms with E-state index < -0.39 is 0 Å². The van der Waals surface area contributed by atoms with E-state index in [4.69, 9.17) is 0 Å². The molecule has 1 amide bonds. The number of pyridine rings is 1. The Morgan fingerprint density at radius 3 is 2.74 bits per heavy atom. The number of hydrogen-bond donors (Lipinski definition) is 1. The zero-order valence-corrected chi connectivity index (χ0v) is 11.8. The zero-order chi connectivity index (χ0) is 13.7. The second-order valence-corrected chi connectivity index (χ2v) is 5.46. The molecule has 0 unspecified atom stereocenters. The second-order valence-electron chi connectivity index (χ2n) is 5.46. The van der Waals surface area contributed by atoms with E-state index in [-0.39, 0.29) is 11.9 Å². The molecule has 2 heterocycles. The average Bonchev–Trinajstić information content (AvgIpc) is 2.46. The van der Waals surface area contributed by atoms with Gasteiger partial charge in [0.05, 0.1) is 0 Å². The molecular formula is C15H23N3O. The molecule has 0 aromatic carbocycles. The second kappa shape index (κ2) is 6.66. The van der Waals surface area contributed by atoms with Crippen LogP contribution in [-0.4, -0.2) is 41.5 Å². The highest BCUT2D eigenvalue weighted by atomic mass is 16.2. The molecule has 0 bridgehead atoms. The minimum atomic E-state index is 0.0501. The molecule has 1 N–H and O–H groups in total. The van der Waals surface area contributed by atoms with E-state index in [9.17, 15) is 4.79 Å². The Morgan fingerprint density at radius 2 is 2.16 bits per heavy atom. The van der Waals surface area contributed by atoms with Gasteiger partial charge < -0.3 is 10.2 Å². The fraction of sp³-hybridized carbons (Fsp3) is 0.600. The minimum Gasteiger partial charge on any atom is -0.335 e. The van der Waals surface area contributed by atoms with Crippen LogP contribution in [0, 0.1) is 5.92 Å². The van der Waals surface area contributed by atoms with Gasteiger partial charge in [0.2, 0.25) is 0 Å². The summed E-state index contributed by atoms with van der Waals surface area (Å²) in [6.45, 7) is 7.11. The van der Waals surface area contributed by atoms with Crippen LogP contribution in [0.2, 0.25) is 0 Å². The van der Waals surface area contributed by atoms with Gasteiger partial charge in [-0.3, -0.25) is 9.78 Å². The number of nitrogens with zero attached hydrogens (tertiary/aromatic N) is 2. The Bertz CT molecular complexity index is 399. The van der Waals surface area contributed by atoms with Crippen LogP contribution in [-0.2, 0) is 0 Å². The summed E-state index contributed by atoms with van der Waals surface area (Å²) in [6, 6.07) is 5.71. The van der Waals surface area contributed by atoms with Crippen molar-refractivity contribution in [3.05, 3.63) is 30.1 Å². The molecule has 1 saturated heterocycles.